The van der Waals surface area contributed by atoms with E-state index in [0.717, 1.165) is 10.6 Å². The summed E-state index contributed by atoms with van der Waals surface area (Å²) in [6.45, 7) is 0. The molecule has 0 saturated heterocycles. The normalized spacial score (nSPS) is 12.2. The summed E-state index contributed by atoms with van der Waals surface area (Å²) < 4.78 is 50.1. The SMILES string of the molecule is CN(C)S(=O)(=O)c1ccc(-n2cc(C(=O)Nc3cc(Cl)cc(S(C)(=O)=O)c3)cn2)nc1. The second-order valence-corrected chi connectivity index (χ2v) is 11.3. The van der Waals surface area contributed by atoms with Crippen molar-refractivity contribution in [3.05, 3.63) is 59.5 Å². The van der Waals surface area contributed by atoms with Crippen molar-refractivity contribution < 1.29 is 21.6 Å². The van der Waals surface area contributed by atoms with Crippen LogP contribution in [0.25, 0.3) is 5.82 Å². The van der Waals surface area contributed by atoms with Crippen LogP contribution in [0.5, 0.6) is 0 Å². The van der Waals surface area contributed by atoms with Crippen LogP contribution in [0.4, 0.5) is 5.69 Å². The number of hydrogen-bond acceptors (Lipinski definition) is 7. The predicted molar refractivity (Wildman–Crippen MR) is 115 cm³/mol. The van der Waals surface area contributed by atoms with E-state index < -0.39 is 25.8 Å². The van der Waals surface area contributed by atoms with E-state index >= 15 is 0 Å². The van der Waals surface area contributed by atoms with Gasteiger partial charge in [0.2, 0.25) is 10.0 Å². The van der Waals surface area contributed by atoms with E-state index in [2.05, 4.69) is 15.4 Å². The zero-order chi connectivity index (χ0) is 23.0. The van der Waals surface area contributed by atoms with Gasteiger partial charge in [-0.05, 0) is 30.3 Å². The number of rotatable bonds is 6. The standard InChI is InChI=1S/C18H18ClN5O5S2/c1-23(2)31(28,29)15-4-5-17(20-10-15)24-11-12(9-21-24)18(25)22-14-6-13(19)7-16(8-14)30(3,26)27/h4-11H,1-3H3,(H,22,25). The smallest absolute Gasteiger partial charge is 0.258 e. The first kappa shape index (κ1) is 22.9. The number of sulfonamides is 1. The molecular formula is C18H18ClN5O5S2. The molecule has 0 aliphatic heterocycles. The van der Waals surface area contributed by atoms with Gasteiger partial charge < -0.3 is 5.32 Å². The second kappa shape index (κ2) is 8.38. The zero-order valence-electron chi connectivity index (χ0n) is 16.6. The fourth-order valence-electron chi connectivity index (χ4n) is 2.49. The number of sulfone groups is 1. The van der Waals surface area contributed by atoms with Gasteiger partial charge in [-0.1, -0.05) is 11.6 Å². The van der Waals surface area contributed by atoms with Gasteiger partial charge in [-0.15, -0.1) is 0 Å². The number of pyridine rings is 1. The van der Waals surface area contributed by atoms with Crippen LogP contribution in [-0.2, 0) is 19.9 Å². The Bertz CT molecular complexity index is 1350. The van der Waals surface area contributed by atoms with Crippen molar-refractivity contribution in [2.24, 2.45) is 0 Å². The van der Waals surface area contributed by atoms with E-state index in [1.54, 1.807) is 0 Å². The highest BCUT2D eigenvalue weighted by molar-refractivity contribution is 7.90. The van der Waals surface area contributed by atoms with Gasteiger partial charge in [-0.25, -0.2) is 30.8 Å². The fraction of sp³-hybridized carbons (Fsp3) is 0.167. The highest BCUT2D eigenvalue weighted by atomic mass is 35.5. The Morgan fingerprint density at radius 3 is 2.35 bits per heavy atom. The molecule has 3 rings (SSSR count). The first-order valence-corrected chi connectivity index (χ1v) is 12.3. The maximum absolute atomic E-state index is 12.5. The highest BCUT2D eigenvalue weighted by Crippen LogP contribution is 2.23. The number of hydrogen-bond donors (Lipinski definition) is 1. The quantitative estimate of drug-likeness (QED) is 0.565. The lowest BCUT2D eigenvalue weighted by molar-refractivity contribution is 0.102. The highest BCUT2D eigenvalue weighted by Gasteiger charge is 2.18. The van der Waals surface area contributed by atoms with Gasteiger partial charge in [-0.3, -0.25) is 4.79 Å². The third kappa shape index (κ3) is 5.10. The van der Waals surface area contributed by atoms with Gasteiger partial charge in [0.15, 0.2) is 15.7 Å². The number of nitrogens with zero attached hydrogens (tertiary/aromatic N) is 4. The van der Waals surface area contributed by atoms with Crippen LogP contribution >= 0.6 is 11.6 Å². The van der Waals surface area contributed by atoms with Crippen molar-refractivity contribution in [2.45, 2.75) is 9.79 Å². The molecular weight excluding hydrogens is 466 g/mol. The Morgan fingerprint density at radius 1 is 1.06 bits per heavy atom. The minimum atomic E-state index is -3.61. The molecule has 0 radical (unpaired) electrons. The largest absolute Gasteiger partial charge is 0.322 e. The lowest BCUT2D eigenvalue weighted by Gasteiger charge is -2.11. The molecule has 0 aliphatic carbocycles. The van der Waals surface area contributed by atoms with E-state index in [9.17, 15) is 21.6 Å². The van der Waals surface area contributed by atoms with Crippen LogP contribution < -0.4 is 5.32 Å². The molecule has 164 valence electrons. The summed E-state index contributed by atoms with van der Waals surface area (Å²) in [5, 5.41) is 6.79. The van der Waals surface area contributed by atoms with Crippen LogP contribution in [0.2, 0.25) is 5.02 Å². The molecule has 13 heteroatoms. The fourth-order valence-corrected chi connectivity index (χ4v) is 4.32. The molecule has 2 heterocycles. The van der Waals surface area contributed by atoms with Crippen molar-refractivity contribution in [1.29, 1.82) is 0 Å². The lowest BCUT2D eigenvalue weighted by atomic mass is 10.3. The van der Waals surface area contributed by atoms with Crippen LogP contribution in [0.3, 0.4) is 0 Å². The molecule has 0 unspecified atom stereocenters. The molecule has 0 atom stereocenters. The maximum atomic E-state index is 12.5. The summed E-state index contributed by atoms with van der Waals surface area (Å²) in [5.41, 5.74) is 0.384. The topological polar surface area (TPSA) is 131 Å². The lowest BCUT2D eigenvalue weighted by Crippen LogP contribution is -2.22. The molecule has 0 bridgehead atoms. The Balaban J connectivity index is 1.81. The van der Waals surface area contributed by atoms with E-state index in [-0.39, 0.29) is 26.1 Å². The molecule has 3 aromatic rings. The maximum Gasteiger partial charge on any atom is 0.258 e. The van der Waals surface area contributed by atoms with Gasteiger partial charge in [0.1, 0.15) is 4.90 Å². The molecule has 1 aromatic carbocycles. The van der Waals surface area contributed by atoms with Crippen molar-refractivity contribution >= 4 is 43.1 Å². The molecule has 0 aliphatic rings. The summed E-state index contributed by atoms with van der Waals surface area (Å²) in [5.74, 6) is -0.237. The van der Waals surface area contributed by atoms with Crippen molar-refractivity contribution in [1.82, 2.24) is 19.1 Å². The van der Waals surface area contributed by atoms with E-state index in [1.165, 1.54) is 67.7 Å². The summed E-state index contributed by atoms with van der Waals surface area (Å²) in [4.78, 5) is 16.6. The molecule has 1 amide bonds. The Hall–Kier alpha value is -2.80. The number of carbonyl (C=O) groups is 1. The summed E-state index contributed by atoms with van der Waals surface area (Å²) in [6.07, 6.45) is 4.93. The number of carbonyl (C=O) groups excluding carboxylic acids is 1. The third-order valence-corrected chi connectivity index (χ3v) is 7.25. The summed E-state index contributed by atoms with van der Waals surface area (Å²) in [6, 6.07) is 6.85. The molecule has 1 N–H and O–H groups in total. The molecule has 0 saturated carbocycles. The zero-order valence-corrected chi connectivity index (χ0v) is 19.0. The van der Waals surface area contributed by atoms with E-state index in [4.69, 9.17) is 11.6 Å². The predicted octanol–water partition coefficient (Wildman–Crippen LogP) is 1.83. The average molecular weight is 484 g/mol. The minimum absolute atomic E-state index is 0.0222. The van der Waals surface area contributed by atoms with Gasteiger partial charge in [0.05, 0.1) is 16.7 Å². The van der Waals surface area contributed by atoms with Crippen LogP contribution in [-0.4, -0.2) is 62.2 Å². The number of amides is 1. The Labute approximate surface area is 184 Å². The number of halogens is 1. The second-order valence-electron chi connectivity index (χ2n) is 6.72. The average Bonchev–Trinajstić information content (AvgIpc) is 3.17. The first-order valence-electron chi connectivity index (χ1n) is 8.63. The monoisotopic (exact) mass is 483 g/mol. The number of nitrogens with one attached hydrogen (secondary N) is 1. The molecule has 0 spiro atoms. The third-order valence-electron chi connectivity index (χ3n) is 4.14. The number of anilines is 1. The van der Waals surface area contributed by atoms with Crippen molar-refractivity contribution in [3.63, 3.8) is 0 Å². The first-order chi connectivity index (χ1) is 14.4. The molecule has 10 nitrogen and oxygen atoms in total. The molecule has 2 aromatic heterocycles. The van der Waals surface area contributed by atoms with Gasteiger partial charge >= 0.3 is 0 Å². The summed E-state index contributed by atoms with van der Waals surface area (Å²) in [7, 11) is -4.28. The molecule has 31 heavy (non-hydrogen) atoms. The Morgan fingerprint density at radius 2 is 1.77 bits per heavy atom. The van der Waals surface area contributed by atoms with Crippen LogP contribution in [0.1, 0.15) is 10.4 Å². The van der Waals surface area contributed by atoms with E-state index in [1.807, 2.05) is 0 Å². The van der Waals surface area contributed by atoms with Crippen molar-refractivity contribution in [2.75, 3.05) is 25.7 Å². The molecule has 0 fully saturated rings. The van der Waals surface area contributed by atoms with Gasteiger partial charge in [0.25, 0.3) is 5.91 Å². The van der Waals surface area contributed by atoms with Crippen LogP contribution in [0.15, 0.2) is 58.7 Å². The summed E-state index contributed by atoms with van der Waals surface area (Å²) >= 11 is 5.95. The minimum Gasteiger partial charge on any atom is -0.322 e. The number of aromatic nitrogens is 3. The van der Waals surface area contributed by atoms with Gasteiger partial charge in [-0.2, -0.15) is 5.10 Å². The van der Waals surface area contributed by atoms with Crippen molar-refractivity contribution in [3.8, 4) is 5.82 Å². The van der Waals surface area contributed by atoms with E-state index in [0.29, 0.717) is 5.82 Å². The number of benzene rings is 1. The van der Waals surface area contributed by atoms with Gasteiger partial charge in [0, 0.05) is 43.5 Å². The Kier molecular flexibility index (Phi) is 6.18. The van der Waals surface area contributed by atoms with Crippen LogP contribution in [0, 0.1) is 0 Å².